The Kier molecular flexibility index (Phi) is 4.02. The van der Waals surface area contributed by atoms with Gasteiger partial charge < -0.3 is 0 Å². The number of rotatable bonds is 2. The number of nitrogens with one attached hydrogen (secondary N) is 1. The Morgan fingerprint density at radius 1 is 1.26 bits per heavy atom. The molecule has 1 aromatic heterocycles. The van der Waals surface area contributed by atoms with E-state index < -0.39 is 0 Å². The summed E-state index contributed by atoms with van der Waals surface area (Å²) >= 11 is 3.53. The van der Waals surface area contributed by atoms with Crippen LogP contribution in [-0.2, 0) is 0 Å². The van der Waals surface area contributed by atoms with Crippen molar-refractivity contribution in [1.82, 2.24) is 10.2 Å². The van der Waals surface area contributed by atoms with E-state index in [1.165, 1.54) is 0 Å². The fraction of sp³-hybridized carbons (Fsp3) is 0.294. The molecule has 23 heavy (non-hydrogen) atoms. The van der Waals surface area contributed by atoms with Crippen LogP contribution in [-0.4, -0.2) is 15.9 Å². The van der Waals surface area contributed by atoms with Crippen LogP contribution in [0, 0.1) is 34.5 Å². The fourth-order valence-corrected chi connectivity index (χ4v) is 3.61. The summed E-state index contributed by atoms with van der Waals surface area (Å²) in [6, 6.07) is 10.1. The lowest BCUT2D eigenvalue weighted by molar-refractivity contribution is 0.671. The number of H-pyrrole nitrogens is 1. The Labute approximate surface area is 142 Å². The summed E-state index contributed by atoms with van der Waals surface area (Å²) in [7, 11) is 0. The van der Waals surface area contributed by atoms with Crippen LogP contribution >= 0.6 is 15.9 Å². The summed E-state index contributed by atoms with van der Waals surface area (Å²) in [5, 5.41) is 26.1. The van der Waals surface area contributed by atoms with Crippen molar-refractivity contribution >= 4 is 27.5 Å². The van der Waals surface area contributed by atoms with E-state index in [0.717, 1.165) is 21.3 Å². The highest BCUT2D eigenvalue weighted by Crippen LogP contribution is 2.44. The summed E-state index contributed by atoms with van der Waals surface area (Å²) < 4.78 is 0.727. The molecule has 0 saturated heterocycles. The SMILES string of the molecule is CC(C)C1=Nc2[nH]ncc2C(c2cccc(C#N)c2Br)C1C#N. The lowest BCUT2D eigenvalue weighted by atomic mass is 9.75. The van der Waals surface area contributed by atoms with Crippen LogP contribution in [0.15, 0.2) is 33.9 Å². The summed E-state index contributed by atoms with van der Waals surface area (Å²) in [4.78, 5) is 4.60. The summed E-state index contributed by atoms with van der Waals surface area (Å²) in [6.07, 6.45) is 1.72. The molecular weight excluding hydrogens is 354 g/mol. The van der Waals surface area contributed by atoms with Gasteiger partial charge in [0.2, 0.25) is 0 Å². The first-order chi connectivity index (χ1) is 11.1. The molecule has 2 unspecified atom stereocenters. The minimum absolute atomic E-state index is 0.150. The molecule has 1 aliphatic heterocycles. The Balaban J connectivity index is 2.25. The van der Waals surface area contributed by atoms with Gasteiger partial charge in [-0.05, 0) is 33.5 Å². The van der Waals surface area contributed by atoms with Crippen molar-refractivity contribution in [3.63, 3.8) is 0 Å². The normalized spacial score (nSPS) is 19.7. The topological polar surface area (TPSA) is 88.6 Å². The Morgan fingerprint density at radius 3 is 2.70 bits per heavy atom. The molecule has 0 bridgehead atoms. The summed E-state index contributed by atoms with van der Waals surface area (Å²) in [5.74, 6) is 0.257. The van der Waals surface area contributed by atoms with Gasteiger partial charge in [-0.25, -0.2) is 4.99 Å². The average molecular weight is 368 g/mol. The van der Waals surface area contributed by atoms with E-state index in [1.54, 1.807) is 12.3 Å². The zero-order valence-corrected chi connectivity index (χ0v) is 14.3. The number of halogens is 1. The number of fused-ring (bicyclic) bond motifs is 1. The van der Waals surface area contributed by atoms with E-state index in [9.17, 15) is 10.5 Å². The molecule has 0 spiro atoms. The third kappa shape index (κ3) is 2.46. The number of hydrogen-bond donors (Lipinski definition) is 1. The van der Waals surface area contributed by atoms with Crippen molar-refractivity contribution in [3.8, 4) is 12.1 Å². The lowest BCUT2D eigenvalue weighted by Crippen LogP contribution is -2.28. The molecule has 114 valence electrons. The van der Waals surface area contributed by atoms with Crippen molar-refractivity contribution < 1.29 is 0 Å². The van der Waals surface area contributed by atoms with Crippen molar-refractivity contribution in [2.75, 3.05) is 0 Å². The minimum atomic E-state index is -0.384. The first-order valence-corrected chi connectivity index (χ1v) is 8.07. The molecular formula is C17H14BrN5. The third-order valence-corrected chi connectivity index (χ3v) is 4.98. The van der Waals surface area contributed by atoms with Gasteiger partial charge in [0.1, 0.15) is 6.07 Å². The number of nitriles is 2. The molecule has 6 heteroatoms. The third-order valence-electron chi connectivity index (χ3n) is 4.09. The Bertz CT molecular complexity index is 866. The number of aromatic amines is 1. The Morgan fingerprint density at radius 2 is 2.04 bits per heavy atom. The first kappa shape index (κ1) is 15.5. The summed E-state index contributed by atoms with van der Waals surface area (Å²) in [6.45, 7) is 4.06. The first-order valence-electron chi connectivity index (χ1n) is 7.28. The largest absolute Gasteiger partial charge is 0.261 e. The van der Waals surface area contributed by atoms with Gasteiger partial charge in [0.05, 0.1) is 23.7 Å². The van der Waals surface area contributed by atoms with Gasteiger partial charge in [0.15, 0.2) is 5.82 Å². The molecule has 5 nitrogen and oxygen atoms in total. The van der Waals surface area contributed by atoms with Crippen molar-refractivity contribution in [2.45, 2.75) is 19.8 Å². The maximum atomic E-state index is 9.78. The Hall–Kier alpha value is -2.44. The smallest absolute Gasteiger partial charge is 0.151 e. The van der Waals surface area contributed by atoms with Gasteiger partial charge in [-0.15, -0.1) is 0 Å². The van der Waals surface area contributed by atoms with Crippen molar-refractivity contribution in [2.24, 2.45) is 16.8 Å². The molecule has 0 amide bonds. The van der Waals surface area contributed by atoms with Crippen LogP contribution in [0.25, 0.3) is 0 Å². The van der Waals surface area contributed by atoms with E-state index >= 15 is 0 Å². The molecule has 0 radical (unpaired) electrons. The molecule has 2 heterocycles. The number of hydrogen-bond acceptors (Lipinski definition) is 4. The second-order valence-electron chi connectivity index (χ2n) is 5.77. The van der Waals surface area contributed by atoms with Crippen LogP contribution in [0.5, 0.6) is 0 Å². The zero-order valence-electron chi connectivity index (χ0n) is 12.7. The van der Waals surface area contributed by atoms with Gasteiger partial charge >= 0.3 is 0 Å². The van der Waals surface area contributed by atoms with Gasteiger partial charge in [-0.3, -0.25) is 5.10 Å². The molecule has 2 aromatic rings. The maximum Gasteiger partial charge on any atom is 0.151 e. The molecule has 0 aliphatic carbocycles. The molecule has 3 rings (SSSR count). The van der Waals surface area contributed by atoms with E-state index in [1.807, 2.05) is 26.0 Å². The minimum Gasteiger partial charge on any atom is -0.261 e. The van der Waals surface area contributed by atoms with Crippen LogP contribution in [0.1, 0.15) is 36.5 Å². The second-order valence-corrected chi connectivity index (χ2v) is 6.56. The molecule has 0 fully saturated rings. The van der Waals surface area contributed by atoms with Crippen LogP contribution in [0.3, 0.4) is 0 Å². The predicted molar refractivity (Wildman–Crippen MR) is 90.3 cm³/mol. The monoisotopic (exact) mass is 367 g/mol. The van der Waals surface area contributed by atoms with Crippen LogP contribution in [0.2, 0.25) is 0 Å². The summed E-state index contributed by atoms with van der Waals surface area (Å²) in [5.41, 5.74) is 3.18. The number of benzene rings is 1. The zero-order chi connectivity index (χ0) is 16.6. The maximum absolute atomic E-state index is 9.78. The lowest BCUT2D eigenvalue weighted by Gasteiger charge is -2.29. The van der Waals surface area contributed by atoms with E-state index in [0.29, 0.717) is 11.4 Å². The number of aliphatic imine (C=N–C) groups is 1. The van der Waals surface area contributed by atoms with Gasteiger partial charge in [0, 0.05) is 21.7 Å². The van der Waals surface area contributed by atoms with Gasteiger partial charge in [-0.1, -0.05) is 26.0 Å². The second kappa shape index (κ2) is 5.98. The number of nitrogens with zero attached hydrogens (tertiary/aromatic N) is 4. The highest BCUT2D eigenvalue weighted by molar-refractivity contribution is 9.10. The molecule has 1 aromatic carbocycles. The van der Waals surface area contributed by atoms with E-state index in [4.69, 9.17) is 0 Å². The van der Waals surface area contributed by atoms with Crippen molar-refractivity contribution in [1.29, 1.82) is 10.5 Å². The number of aromatic nitrogens is 2. The highest BCUT2D eigenvalue weighted by Gasteiger charge is 2.37. The molecule has 0 saturated carbocycles. The highest BCUT2D eigenvalue weighted by atomic mass is 79.9. The molecule has 1 aliphatic rings. The van der Waals surface area contributed by atoms with E-state index in [2.05, 4.69) is 43.3 Å². The van der Waals surface area contributed by atoms with Gasteiger partial charge in [0.25, 0.3) is 0 Å². The quantitative estimate of drug-likeness (QED) is 0.867. The van der Waals surface area contributed by atoms with Crippen LogP contribution < -0.4 is 0 Å². The molecule has 1 N–H and O–H groups in total. The van der Waals surface area contributed by atoms with E-state index in [-0.39, 0.29) is 17.8 Å². The standard InChI is InChI=1S/C17H14BrN5/c1-9(2)16-12(7-20)14(13-8-21-23-17(13)22-16)11-5-3-4-10(6-19)15(11)18/h3-5,8-9,12,14H,1-2H3,(H,21,23). The van der Waals surface area contributed by atoms with Crippen LogP contribution in [0.4, 0.5) is 5.82 Å². The molecule has 2 atom stereocenters. The van der Waals surface area contributed by atoms with Gasteiger partial charge in [-0.2, -0.15) is 15.6 Å². The average Bonchev–Trinajstić information content (AvgIpc) is 3.01. The predicted octanol–water partition coefficient (Wildman–Crippen LogP) is 4.06. The fourth-order valence-electron chi connectivity index (χ4n) is 3.01. The van der Waals surface area contributed by atoms with Crippen molar-refractivity contribution in [3.05, 3.63) is 45.6 Å².